The van der Waals surface area contributed by atoms with Crippen LogP contribution in [0.4, 0.5) is 0 Å². The van der Waals surface area contributed by atoms with Gasteiger partial charge >= 0.3 is 0 Å². The summed E-state index contributed by atoms with van der Waals surface area (Å²) in [7, 11) is 0. The third-order valence-corrected chi connectivity index (χ3v) is 2.89. The Morgan fingerprint density at radius 1 is 1.06 bits per heavy atom. The number of rotatable bonds is 10. The molecule has 0 heterocycles. The molecule has 0 spiro atoms. The van der Waals surface area contributed by atoms with Crippen molar-refractivity contribution in [1.29, 1.82) is 0 Å². The summed E-state index contributed by atoms with van der Waals surface area (Å²) in [5.74, 6) is 0.365. The van der Waals surface area contributed by atoms with Crippen LogP contribution in [-0.2, 0) is 4.79 Å². The van der Waals surface area contributed by atoms with Crippen LogP contribution in [-0.4, -0.2) is 25.5 Å². The number of hydrogen-bond donors (Lipinski definition) is 2. The molecule has 0 saturated heterocycles. The highest BCUT2D eigenvalue weighted by molar-refractivity contribution is 5.78. The van der Waals surface area contributed by atoms with Gasteiger partial charge in [0.25, 0.3) is 0 Å². The molecule has 0 aliphatic carbocycles. The first-order valence-electron chi connectivity index (χ1n) is 6.70. The predicted molar refractivity (Wildman–Crippen MR) is 69.5 cm³/mol. The standard InChI is InChI=1S/C13H28N2O/c1-4-12(3)13(16)15-11-9-7-6-8-10-14-5-2/h12,14H,4-11H2,1-3H3,(H,15,16). The van der Waals surface area contributed by atoms with E-state index in [4.69, 9.17) is 0 Å². The largest absolute Gasteiger partial charge is 0.356 e. The number of amides is 1. The van der Waals surface area contributed by atoms with E-state index in [2.05, 4.69) is 17.6 Å². The van der Waals surface area contributed by atoms with Crippen LogP contribution in [0.5, 0.6) is 0 Å². The van der Waals surface area contributed by atoms with Crippen LogP contribution < -0.4 is 10.6 Å². The van der Waals surface area contributed by atoms with E-state index in [0.717, 1.165) is 32.5 Å². The molecule has 0 bridgehead atoms. The normalized spacial score (nSPS) is 12.4. The topological polar surface area (TPSA) is 41.1 Å². The van der Waals surface area contributed by atoms with Crippen molar-refractivity contribution in [3.05, 3.63) is 0 Å². The molecule has 3 nitrogen and oxygen atoms in total. The molecule has 1 unspecified atom stereocenters. The minimum Gasteiger partial charge on any atom is -0.356 e. The second-order valence-electron chi connectivity index (χ2n) is 4.37. The lowest BCUT2D eigenvalue weighted by Gasteiger charge is -2.09. The van der Waals surface area contributed by atoms with E-state index in [9.17, 15) is 4.79 Å². The first-order valence-corrected chi connectivity index (χ1v) is 6.70. The fourth-order valence-corrected chi connectivity index (χ4v) is 1.48. The summed E-state index contributed by atoms with van der Waals surface area (Å²) in [4.78, 5) is 11.4. The van der Waals surface area contributed by atoms with Crippen LogP contribution >= 0.6 is 0 Å². The molecule has 3 heteroatoms. The molecule has 1 atom stereocenters. The van der Waals surface area contributed by atoms with Gasteiger partial charge in [0.15, 0.2) is 0 Å². The van der Waals surface area contributed by atoms with Gasteiger partial charge in [0, 0.05) is 12.5 Å². The lowest BCUT2D eigenvalue weighted by molar-refractivity contribution is -0.124. The lowest BCUT2D eigenvalue weighted by atomic mass is 10.1. The quantitative estimate of drug-likeness (QED) is 0.563. The molecule has 0 radical (unpaired) electrons. The van der Waals surface area contributed by atoms with Crippen LogP contribution in [0.3, 0.4) is 0 Å². The van der Waals surface area contributed by atoms with Crippen molar-refractivity contribution in [2.75, 3.05) is 19.6 Å². The van der Waals surface area contributed by atoms with E-state index in [1.165, 1.54) is 19.3 Å². The molecule has 0 aliphatic rings. The zero-order chi connectivity index (χ0) is 12.2. The van der Waals surface area contributed by atoms with Gasteiger partial charge < -0.3 is 10.6 Å². The first-order chi connectivity index (χ1) is 7.72. The van der Waals surface area contributed by atoms with Gasteiger partial charge in [0.05, 0.1) is 0 Å². The van der Waals surface area contributed by atoms with E-state index in [-0.39, 0.29) is 11.8 Å². The monoisotopic (exact) mass is 228 g/mol. The molecule has 16 heavy (non-hydrogen) atoms. The van der Waals surface area contributed by atoms with Gasteiger partial charge in [-0.1, -0.05) is 33.6 Å². The minimum atomic E-state index is 0.161. The molecule has 2 N–H and O–H groups in total. The van der Waals surface area contributed by atoms with Gasteiger partial charge in [-0.3, -0.25) is 4.79 Å². The number of carbonyl (C=O) groups excluding carboxylic acids is 1. The van der Waals surface area contributed by atoms with E-state index in [0.29, 0.717) is 0 Å². The molecule has 0 fully saturated rings. The fourth-order valence-electron chi connectivity index (χ4n) is 1.48. The zero-order valence-corrected chi connectivity index (χ0v) is 11.1. The van der Waals surface area contributed by atoms with Gasteiger partial charge in [0.1, 0.15) is 0 Å². The summed E-state index contributed by atoms with van der Waals surface area (Å²) < 4.78 is 0. The van der Waals surface area contributed by atoms with Gasteiger partial charge in [-0.25, -0.2) is 0 Å². The first kappa shape index (κ1) is 15.4. The average molecular weight is 228 g/mol. The highest BCUT2D eigenvalue weighted by Crippen LogP contribution is 2.01. The summed E-state index contributed by atoms with van der Waals surface area (Å²) in [6.07, 6.45) is 5.74. The maximum Gasteiger partial charge on any atom is 0.222 e. The number of hydrogen-bond acceptors (Lipinski definition) is 2. The molecule has 96 valence electrons. The third kappa shape index (κ3) is 8.72. The SMILES string of the molecule is CCNCCCCCCNC(=O)C(C)CC. The third-order valence-electron chi connectivity index (χ3n) is 2.89. The Kier molecular flexibility index (Phi) is 10.5. The maximum atomic E-state index is 11.4. The summed E-state index contributed by atoms with van der Waals surface area (Å²) in [5, 5.41) is 6.29. The minimum absolute atomic E-state index is 0.161. The Morgan fingerprint density at radius 2 is 1.69 bits per heavy atom. The molecule has 1 amide bonds. The molecule has 0 rings (SSSR count). The highest BCUT2D eigenvalue weighted by atomic mass is 16.1. The smallest absolute Gasteiger partial charge is 0.222 e. The van der Waals surface area contributed by atoms with Crippen molar-refractivity contribution in [3.63, 3.8) is 0 Å². The molecule has 0 saturated carbocycles. The fraction of sp³-hybridized carbons (Fsp3) is 0.923. The molecular formula is C13H28N2O. The molecule has 0 aromatic heterocycles. The number of carbonyl (C=O) groups is 1. The number of nitrogens with one attached hydrogen (secondary N) is 2. The summed E-state index contributed by atoms with van der Waals surface area (Å²) in [6, 6.07) is 0. The zero-order valence-electron chi connectivity index (χ0n) is 11.1. The van der Waals surface area contributed by atoms with Crippen molar-refractivity contribution in [2.45, 2.75) is 52.9 Å². The molecular weight excluding hydrogens is 200 g/mol. The van der Waals surface area contributed by atoms with E-state index in [1.54, 1.807) is 0 Å². The van der Waals surface area contributed by atoms with Crippen LogP contribution in [0.1, 0.15) is 52.9 Å². The van der Waals surface area contributed by atoms with E-state index >= 15 is 0 Å². The Hall–Kier alpha value is -0.570. The average Bonchev–Trinajstić information content (AvgIpc) is 2.31. The highest BCUT2D eigenvalue weighted by Gasteiger charge is 2.08. The molecule has 0 aliphatic heterocycles. The number of unbranched alkanes of at least 4 members (excludes halogenated alkanes) is 3. The maximum absolute atomic E-state index is 11.4. The summed E-state index contributed by atoms with van der Waals surface area (Å²) in [5.41, 5.74) is 0. The Balaban J connectivity index is 3.18. The molecule has 0 aromatic rings. The van der Waals surface area contributed by atoms with Gasteiger partial charge in [-0.05, 0) is 32.4 Å². The van der Waals surface area contributed by atoms with Gasteiger partial charge in [0.2, 0.25) is 5.91 Å². The molecule has 0 aromatic carbocycles. The van der Waals surface area contributed by atoms with Crippen molar-refractivity contribution < 1.29 is 4.79 Å². The van der Waals surface area contributed by atoms with E-state index in [1.807, 2.05) is 13.8 Å². The second kappa shape index (κ2) is 10.9. The second-order valence-corrected chi connectivity index (χ2v) is 4.37. The van der Waals surface area contributed by atoms with Gasteiger partial charge in [-0.15, -0.1) is 0 Å². The Morgan fingerprint density at radius 3 is 2.25 bits per heavy atom. The van der Waals surface area contributed by atoms with Gasteiger partial charge in [-0.2, -0.15) is 0 Å². The van der Waals surface area contributed by atoms with Crippen molar-refractivity contribution >= 4 is 5.91 Å². The van der Waals surface area contributed by atoms with E-state index < -0.39 is 0 Å². The summed E-state index contributed by atoms with van der Waals surface area (Å²) in [6.45, 7) is 9.17. The van der Waals surface area contributed by atoms with Crippen LogP contribution in [0.2, 0.25) is 0 Å². The van der Waals surface area contributed by atoms with Crippen molar-refractivity contribution in [1.82, 2.24) is 10.6 Å². The van der Waals surface area contributed by atoms with Crippen molar-refractivity contribution in [3.8, 4) is 0 Å². The summed E-state index contributed by atoms with van der Waals surface area (Å²) >= 11 is 0. The Bertz CT molecular complexity index is 171. The van der Waals surface area contributed by atoms with Crippen LogP contribution in [0.25, 0.3) is 0 Å². The lowest BCUT2D eigenvalue weighted by Crippen LogP contribution is -2.29. The van der Waals surface area contributed by atoms with Crippen molar-refractivity contribution in [2.24, 2.45) is 5.92 Å². The van der Waals surface area contributed by atoms with Crippen LogP contribution in [0, 0.1) is 5.92 Å². The predicted octanol–water partition coefficient (Wildman–Crippen LogP) is 2.32. The Labute approximate surface area is 100 Å². The van der Waals surface area contributed by atoms with Crippen LogP contribution in [0.15, 0.2) is 0 Å².